The number of carbonyl (C=O) groups is 1. The zero-order valence-electron chi connectivity index (χ0n) is 14.5. The van der Waals surface area contributed by atoms with Crippen molar-refractivity contribution >= 4 is 11.6 Å². The Balaban J connectivity index is 1.83. The van der Waals surface area contributed by atoms with Crippen molar-refractivity contribution in [1.29, 1.82) is 0 Å². The van der Waals surface area contributed by atoms with Crippen molar-refractivity contribution < 1.29 is 4.79 Å². The molecular weight excluding hydrogens is 288 g/mol. The average molecular weight is 318 g/mol. The SMILES string of the molecule is CCN(CC)C(=O)CN1CCCN(Cc2cccc(N)c2)CC1. The molecule has 0 aliphatic carbocycles. The van der Waals surface area contributed by atoms with Crippen LogP contribution in [-0.2, 0) is 11.3 Å². The van der Waals surface area contributed by atoms with E-state index in [9.17, 15) is 4.79 Å². The zero-order valence-corrected chi connectivity index (χ0v) is 14.5. The summed E-state index contributed by atoms with van der Waals surface area (Å²) in [6, 6.07) is 8.11. The summed E-state index contributed by atoms with van der Waals surface area (Å²) in [7, 11) is 0. The molecule has 2 N–H and O–H groups in total. The first-order valence-electron chi connectivity index (χ1n) is 8.69. The predicted molar refractivity (Wildman–Crippen MR) is 95.1 cm³/mol. The molecule has 0 atom stereocenters. The van der Waals surface area contributed by atoms with E-state index in [1.54, 1.807) is 0 Å². The van der Waals surface area contributed by atoms with Crippen LogP contribution in [0.2, 0.25) is 0 Å². The summed E-state index contributed by atoms with van der Waals surface area (Å²) < 4.78 is 0. The van der Waals surface area contributed by atoms with Gasteiger partial charge in [-0.2, -0.15) is 0 Å². The molecule has 0 spiro atoms. The highest BCUT2D eigenvalue weighted by Gasteiger charge is 2.19. The van der Waals surface area contributed by atoms with Crippen molar-refractivity contribution in [2.75, 3.05) is 51.5 Å². The first-order chi connectivity index (χ1) is 11.1. The molecule has 0 bridgehead atoms. The summed E-state index contributed by atoms with van der Waals surface area (Å²) in [6.45, 7) is 11.2. The maximum atomic E-state index is 12.3. The predicted octanol–water partition coefficient (Wildman–Crippen LogP) is 1.64. The molecule has 128 valence electrons. The van der Waals surface area contributed by atoms with Gasteiger partial charge in [0.15, 0.2) is 0 Å². The minimum atomic E-state index is 0.249. The highest BCUT2D eigenvalue weighted by Crippen LogP contribution is 2.12. The van der Waals surface area contributed by atoms with E-state index in [4.69, 9.17) is 5.73 Å². The molecular formula is C18H30N4O. The van der Waals surface area contributed by atoms with Crippen molar-refractivity contribution in [2.45, 2.75) is 26.8 Å². The van der Waals surface area contributed by atoms with Crippen LogP contribution in [0.4, 0.5) is 5.69 Å². The second kappa shape index (κ2) is 8.89. The molecule has 0 saturated carbocycles. The van der Waals surface area contributed by atoms with Crippen LogP contribution in [0.5, 0.6) is 0 Å². The monoisotopic (exact) mass is 318 g/mol. The summed E-state index contributed by atoms with van der Waals surface area (Å²) in [6.07, 6.45) is 1.11. The lowest BCUT2D eigenvalue weighted by Gasteiger charge is -2.25. The molecule has 0 aromatic heterocycles. The maximum absolute atomic E-state index is 12.3. The first kappa shape index (κ1) is 17.8. The van der Waals surface area contributed by atoms with Gasteiger partial charge in [-0.25, -0.2) is 0 Å². The lowest BCUT2D eigenvalue weighted by Crippen LogP contribution is -2.41. The van der Waals surface area contributed by atoms with Crippen LogP contribution in [0, 0.1) is 0 Å². The van der Waals surface area contributed by atoms with E-state index in [0.717, 1.165) is 57.9 Å². The minimum absolute atomic E-state index is 0.249. The van der Waals surface area contributed by atoms with Gasteiger partial charge in [0.05, 0.1) is 6.54 Å². The maximum Gasteiger partial charge on any atom is 0.236 e. The van der Waals surface area contributed by atoms with Crippen molar-refractivity contribution in [3.05, 3.63) is 29.8 Å². The highest BCUT2D eigenvalue weighted by atomic mass is 16.2. The van der Waals surface area contributed by atoms with E-state index in [1.165, 1.54) is 5.56 Å². The molecule has 5 nitrogen and oxygen atoms in total. The minimum Gasteiger partial charge on any atom is -0.399 e. The largest absolute Gasteiger partial charge is 0.399 e. The Morgan fingerprint density at radius 1 is 1.13 bits per heavy atom. The van der Waals surface area contributed by atoms with Gasteiger partial charge in [-0.15, -0.1) is 0 Å². The fourth-order valence-electron chi connectivity index (χ4n) is 3.16. The van der Waals surface area contributed by atoms with Crippen LogP contribution in [0.3, 0.4) is 0 Å². The van der Waals surface area contributed by atoms with E-state index >= 15 is 0 Å². The number of hydrogen-bond acceptors (Lipinski definition) is 4. The van der Waals surface area contributed by atoms with Gasteiger partial charge in [0.2, 0.25) is 5.91 Å². The molecule has 1 saturated heterocycles. The molecule has 0 unspecified atom stereocenters. The Morgan fingerprint density at radius 2 is 1.83 bits per heavy atom. The van der Waals surface area contributed by atoms with Crippen LogP contribution in [0.15, 0.2) is 24.3 Å². The summed E-state index contributed by atoms with van der Waals surface area (Å²) in [4.78, 5) is 18.9. The number of benzene rings is 1. The number of nitrogen functional groups attached to an aromatic ring is 1. The zero-order chi connectivity index (χ0) is 16.7. The van der Waals surface area contributed by atoms with Crippen LogP contribution < -0.4 is 5.73 Å². The molecule has 1 aromatic rings. The van der Waals surface area contributed by atoms with Gasteiger partial charge in [-0.3, -0.25) is 14.6 Å². The molecule has 1 amide bonds. The molecule has 0 radical (unpaired) electrons. The standard InChI is InChI=1S/C18H30N4O/c1-3-22(4-2)18(23)15-21-10-6-9-20(11-12-21)14-16-7-5-8-17(19)13-16/h5,7-8,13H,3-4,6,9-12,14-15,19H2,1-2H3. The number of rotatable bonds is 6. The van der Waals surface area contributed by atoms with Gasteiger partial charge in [-0.1, -0.05) is 12.1 Å². The quantitative estimate of drug-likeness (QED) is 0.810. The number of carbonyl (C=O) groups excluding carboxylic acids is 1. The number of anilines is 1. The molecule has 2 rings (SSSR count). The van der Waals surface area contributed by atoms with Crippen molar-refractivity contribution in [1.82, 2.24) is 14.7 Å². The van der Waals surface area contributed by atoms with E-state index in [1.807, 2.05) is 36.9 Å². The lowest BCUT2D eigenvalue weighted by atomic mass is 10.2. The van der Waals surface area contributed by atoms with Gasteiger partial charge in [-0.05, 0) is 51.1 Å². The molecule has 23 heavy (non-hydrogen) atoms. The van der Waals surface area contributed by atoms with E-state index < -0.39 is 0 Å². The van der Waals surface area contributed by atoms with Gasteiger partial charge in [0, 0.05) is 38.4 Å². The van der Waals surface area contributed by atoms with Gasteiger partial charge >= 0.3 is 0 Å². The van der Waals surface area contributed by atoms with E-state index in [2.05, 4.69) is 15.9 Å². The number of nitrogens with zero attached hydrogens (tertiary/aromatic N) is 3. The average Bonchev–Trinajstić information content (AvgIpc) is 2.74. The molecule has 1 aliphatic rings. The number of amides is 1. The third kappa shape index (κ3) is 5.52. The number of hydrogen-bond donors (Lipinski definition) is 1. The second-order valence-electron chi connectivity index (χ2n) is 6.22. The van der Waals surface area contributed by atoms with E-state index in [-0.39, 0.29) is 5.91 Å². The van der Waals surface area contributed by atoms with Crippen LogP contribution in [-0.4, -0.2) is 66.4 Å². The molecule has 5 heteroatoms. The molecule has 1 heterocycles. The fourth-order valence-corrected chi connectivity index (χ4v) is 3.16. The van der Waals surface area contributed by atoms with Gasteiger partial charge in [0.25, 0.3) is 0 Å². The third-order valence-corrected chi connectivity index (χ3v) is 4.51. The number of nitrogens with two attached hydrogens (primary N) is 1. The third-order valence-electron chi connectivity index (χ3n) is 4.51. The van der Waals surface area contributed by atoms with Crippen molar-refractivity contribution in [3.63, 3.8) is 0 Å². The summed E-state index contributed by atoms with van der Waals surface area (Å²) in [5.41, 5.74) is 7.94. The normalized spacial score (nSPS) is 17.0. The molecule has 1 aliphatic heterocycles. The number of likely N-dealkylation sites (N-methyl/N-ethyl adjacent to an activating group) is 1. The smallest absolute Gasteiger partial charge is 0.236 e. The molecule has 1 fully saturated rings. The Kier molecular flexibility index (Phi) is 6.86. The van der Waals surface area contributed by atoms with Crippen LogP contribution in [0.25, 0.3) is 0 Å². The Morgan fingerprint density at radius 3 is 2.52 bits per heavy atom. The van der Waals surface area contributed by atoms with E-state index in [0.29, 0.717) is 6.54 Å². The summed E-state index contributed by atoms with van der Waals surface area (Å²) in [5, 5.41) is 0. The topological polar surface area (TPSA) is 52.8 Å². The summed E-state index contributed by atoms with van der Waals surface area (Å²) >= 11 is 0. The fraction of sp³-hybridized carbons (Fsp3) is 0.611. The summed E-state index contributed by atoms with van der Waals surface area (Å²) in [5.74, 6) is 0.249. The first-order valence-corrected chi connectivity index (χ1v) is 8.69. The van der Waals surface area contributed by atoms with Crippen molar-refractivity contribution in [2.24, 2.45) is 0 Å². The Bertz CT molecular complexity index is 502. The Labute approximate surface area is 140 Å². The van der Waals surface area contributed by atoms with Crippen LogP contribution in [0.1, 0.15) is 25.8 Å². The lowest BCUT2D eigenvalue weighted by molar-refractivity contribution is -0.132. The Hall–Kier alpha value is -1.59. The van der Waals surface area contributed by atoms with Crippen LogP contribution >= 0.6 is 0 Å². The van der Waals surface area contributed by atoms with Gasteiger partial charge < -0.3 is 10.6 Å². The molecule has 1 aromatic carbocycles. The van der Waals surface area contributed by atoms with Crippen molar-refractivity contribution in [3.8, 4) is 0 Å². The highest BCUT2D eigenvalue weighted by molar-refractivity contribution is 5.78. The van der Waals surface area contributed by atoms with Gasteiger partial charge in [0.1, 0.15) is 0 Å². The second-order valence-corrected chi connectivity index (χ2v) is 6.22.